The molecule has 2 aliphatic heterocycles. The molecule has 2 unspecified atom stereocenters. The van der Waals surface area contributed by atoms with Gasteiger partial charge in [-0.05, 0) is 35.4 Å². The summed E-state index contributed by atoms with van der Waals surface area (Å²) in [5, 5.41) is 50.0. The lowest BCUT2D eigenvalue weighted by Gasteiger charge is -2.40. The maximum Gasteiger partial charge on any atom is 0.144 e. The predicted octanol–water partition coefficient (Wildman–Crippen LogP) is 1.60. The van der Waals surface area contributed by atoms with Gasteiger partial charge >= 0.3 is 0 Å². The van der Waals surface area contributed by atoms with E-state index in [1.165, 1.54) is 0 Å². The van der Waals surface area contributed by atoms with Gasteiger partial charge in [0.1, 0.15) is 48.5 Å². The van der Waals surface area contributed by atoms with Gasteiger partial charge in [-0.3, -0.25) is 5.26 Å². The Bertz CT molecular complexity index is 917. The Morgan fingerprint density at radius 3 is 2.42 bits per heavy atom. The van der Waals surface area contributed by atoms with E-state index in [2.05, 4.69) is 0 Å². The van der Waals surface area contributed by atoms with Crippen molar-refractivity contribution >= 4 is 11.6 Å². The molecule has 9 nitrogen and oxygen atoms in total. The van der Waals surface area contributed by atoms with Gasteiger partial charge in [0.25, 0.3) is 0 Å². The Labute approximate surface area is 195 Å². The highest BCUT2D eigenvalue weighted by molar-refractivity contribution is 6.31. The molecule has 5 N–H and O–H groups in total. The monoisotopic (exact) mass is 482 g/mol. The summed E-state index contributed by atoms with van der Waals surface area (Å²) in [4.78, 5) is 4.75. The zero-order valence-corrected chi connectivity index (χ0v) is 18.4. The number of aliphatic hydroxyl groups excluding tert-OH is 4. The lowest BCUT2D eigenvalue weighted by molar-refractivity contribution is -0.270. The van der Waals surface area contributed by atoms with Crippen molar-refractivity contribution in [2.45, 2.75) is 49.1 Å². The number of aliphatic hydroxyl groups is 4. The molecule has 0 aromatic heterocycles. The fraction of sp³-hybridized carbons (Fsp3) is 0.478. The van der Waals surface area contributed by atoms with Gasteiger partial charge in [-0.25, -0.2) is 4.89 Å². The molecule has 0 spiro atoms. The summed E-state index contributed by atoms with van der Waals surface area (Å²) in [6.45, 7) is 0.683. The maximum absolute atomic E-state index is 10.4. The average molecular weight is 483 g/mol. The quantitative estimate of drug-likeness (QED) is 0.294. The third kappa shape index (κ3) is 5.17. The minimum atomic E-state index is -1.51. The highest BCUT2D eigenvalue weighted by Crippen LogP contribution is 2.37. The van der Waals surface area contributed by atoms with E-state index in [4.69, 9.17) is 30.7 Å². The summed E-state index contributed by atoms with van der Waals surface area (Å²) in [6.07, 6.45) is -6.63. The largest absolute Gasteiger partial charge is 0.488 e. The van der Waals surface area contributed by atoms with E-state index >= 15 is 0 Å². The molecular formula is C23H27ClO9. The maximum atomic E-state index is 10.4. The molecule has 0 saturated carbocycles. The van der Waals surface area contributed by atoms with Gasteiger partial charge in [-0.1, -0.05) is 29.8 Å². The molecule has 4 rings (SSSR count). The molecule has 180 valence electrons. The highest BCUT2D eigenvalue weighted by Gasteiger charge is 2.44. The van der Waals surface area contributed by atoms with Gasteiger partial charge in [0, 0.05) is 17.0 Å². The Hall–Kier alpha value is -1.79. The third-order valence-electron chi connectivity index (χ3n) is 6.00. The lowest BCUT2D eigenvalue weighted by atomic mass is 9.89. The second-order valence-electron chi connectivity index (χ2n) is 8.19. The van der Waals surface area contributed by atoms with Crippen molar-refractivity contribution in [3.05, 3.63) is 64.2 Å². The Morgan fingerprint density at radius 1 is 1.03 bits per heavy atom. The van der Waals surface area contributed by atoms with Crippen LogP contribution in [0, 0.1) is 0 Å². The van der Waals surface area contributed by atoms with E-state index < -0.39 is 43.2 Å². The molecule has 33 heavy (non-hydrogen) atoms. The molecule has 2 aromatic rings. The van der Waals surface area contributed by atoms with Crippen molar-refractivity contribution < 1.29 is 44.8 Å². The van der Waals surface area contributed by atoms with Crippen LogP contribution in [-0.2, 0) is 14.4 Å². The fourth-order valence-corrected chi connectivity index (χ4v) is 4.35. The summed E-state index contributed by atoms with van der Waals surface area (Å²) < 4.78 is 16.8. The predicted molar refractivity (Wildman–Crippen MR) is 116 cm³/mol. The minimum Gasteiger partial charge on any atom is -0.488 e. The Morgan fingerprint density at radius 2 is 1.79 bits per heavy atom. The standard InChI is InChI=1S/C23H27ClO9/c24-17-6-3-13(23-21(28)20(27)19(26)18(10-25)32-23)9-16(17)22(33-29)12-1-4-14(5-2-12)31-15-7-8-30-11-15/h1-6,9,15,18-23,25-29H,7-8,10-11H2/t15?,18-,19-,20+,21-,22?,23+/m1/s1. The second-order valence-corrected chi connectivity index (χ2v) is 8.60. The summed E-state index contributed by atoms with van der Waals surface area (Å²) >= 11 is 6.38. The van der Waals surface area contributed by atoms with Crippen LogP contribution in [0.5, 0.6) is 5.75 Å². The van der Waals surface area contributed by atoms with E-state index in [0.717, 1.165) is 6.42 Å². The van der Waals surface area contributed by atoms with Crippen LogP contribution in [0.25, 0.3) is 0 Å². The smallest absolute Gasteiger partial charge is 0.144 e. The molecule has 2 aliphatic rings. The number of rotatable bonds is 7. The van der Waals surface area contributed by atoms with Gasteiger partial charge in [-0.2, -0.15) is 0 Å². The normalized spacial score (nSPS) is 30.8. The van der Waals surface area contributed by atoms with Crippen molar-refractivity contribution in [1.29, 1.82) is 0 Å². The molecule has 2 aromatic carbocycles. The van der Waals surface area contributed by atoms with E-state index in [1.807, 2.05) is 0 Å². The highest BCUT2D eigenvalue weighted by atomic mass is 35.5. The number of ether oxygens (including phenoxy) is 3. The van der Waals surface area contributed by atoms with Crippen molar-refractivity contribution in [1.82, 2.24) is 0 Å². The van der Waals surface area contributed by atoms with Crippen LogP contribution in [0.3, 0.4) is 0 Å². The number of halogens is 1. The van der Waals surface area contributed by atoms with Crippen LogP contribution in [0.1, 0.15) is 35.3 Å². The van der Waals surface area contributed by atoms with Gasteiger partial charge in [0.05, 0.1) is 19.8 Å². The van der Waals surface area contributed by atoms with Crippen LogP contribution < -0.4 is 4.74 Å². The molecule has 0 bridgehead atoms. The molecule has 10 heteroatoms. The van der Waals surface area contributed by atoms with E-state index in [0.29, 0.717) is 40.7 Å². The van der Waals surface area contributed by atoms with Crippen LogP contribution in [0.4, 0.5) is 0 Å². The van der Waals surface area contributed by atoms with Crippen molar-refractivity contribution in [3.8, 4) is 5.75 Å². The zero-order chi connectivity index (χ0) is 23.5. The minimum absolute atomic E-state index is 0.00500. The Kier molecular flexibility index (Phi) is 7.85. The van der Waals surface area contributed by atoms with Gasteiger partial charge in [0.15, 0.2) is 0 Å². The molecule has 2 heterocycles. The molecule has 0 aliphatic carbocycles. The lowest BCUT2D eigenvalue weighted by Crippen LogP contribution is -2.55. The molecular weight excluding hydrogens is 456 g/mol. The van der Waals surface area contributed by atoms with Crippen LogP contribution in [0.15, 0.2) is 42.5 Å². The first-order valence-electron chi connectivity index (χ1n) is 10.7. The van der Waals surface area contributed by atoms with E-state index in [9.17, 15) is 25.7 Å². The van der Waals surface area contributed by atoms with Gasteiger partial charge < -0.3 is 34.6 Å². The average Bonchev–Trinajstić information content (AvgIpc) is 3.34. The fourth-order valence-electron chi connectivity index (χ4n) is 4.13. The Balaban J connectivity index is 1.58. The van der Waals surface area contributed by atoms with Crippen molar-refractivity contribution in [2.24, 2.45) is 0 Å². The van der Waals surface area contributed by atoms with E-state index in [-0.39, 0.29) is 6.10 Å². The summed E-state index contributed by atoms with van der Waals surface area (Å²) in [7, 11) is 0. The SMILES string of the molecule is OC[C@H]1O[C@@H](c2ccc(Cl)c(C(OO)c3ccc(OC4CCOC4)cc3)c2)[C@H](O)[C@@H](O)[C@@H]1O. The first kappa shape index (κ1) is 24.3. The number of hydrogen-bond donors (Lipinski definition) is 5. The molecule has 0 radical (unpaired) electrons. The molecule has 0 amide bonds. The van der Waals surface area contributed by atoms with Crippen LogP contribution in [-0.4, -0.2) is 76.0 Å². The number of hydrogen-bond acceptors (Lipinski definition) is 9. The summed E-state index contributed by atoms with van der Waals surface area (Å²) in [6, 6.07) is 11.7. The van der Waals surface area contributed by atoms with Crippen LogP contribution >= 0.6 is 11.6 Å². The second kappa shape index (κ2) is 10.6. The first-order chi connectivity index (χ1) is 15.9. The van der Waals surface area contributed by atoms with Crippen molar-refractivity contribution in [3.63, 3.8) is 0 Å². The zero-order valence-electron chi connectivity index (χ0n) is 17.7. The summed E-state index contributed by atoms with van der Waals surface area (Å²) in [5.74, 6) is 0.659. The number of benzene rings is 2. The van der Waals surface area contributed by atoms with Crippen LogP contribution in [0.2, 0.25) is 5.02 Å². The molecule has 2 fully saturated rings. The summed E-state index contributed by atoms with van der Waals surface area (Å²) in [5.41, 5.74) is 1.42. The van der Waals surface area contributed by atoms with Gasteiger partial charge in [0.2, 0.25) is 0 Å². The van der Waals surface area contributed by atoms with E-state index in [1.54, 1.807) is 42.5 Å². The van der Waals surface area contributed by atoms with Gasteiger partial charge in [-0.15, -0.1) is 0 Å². The topological polar surface area (TPSA) is 138 Å². The van der Waals surface area contributed by atoms with Crippen molar-refractivity contribution in [2.75, 3.05) is 19.8 Å². The first-order valence-corrected chi connectivity index (χ1v) is 11.0. The molecule has 7 atom stereocenters. The third-order valence-corrected chi connectivity index (χ3v) is 6.35. The molecule has 2 saturated heterocycles.